The van der Waals surface area contributed by atoms with E-state index in [-0.39, 0.29) is 10.8 Å². The van der Waals surface area contributed by atoms with Crippen LogP contribution in [-0.4, -0.2) is 46.4 Å². The van der Waals surface area contributed by atoms with E-state index in [1.807, 2.05) is 13.0 Å². The van der Waals surface area contributed by atoms with Crippen molar-refractivity contribution in [2.24, 2.45) is 21.7 Å². The maximum absolute atomic E-state index is 11.4. The van der Waals surface area contributed by atoms with Gasteiger partial charge in [0.25, 0.3) is 0 Å². The van der Waals surface area contributed by atoms with Gasteiger partial charge in [-0.15, -0.1) is 0 Å². The third kappa shape index (κ3) is 3.34. The van der Waals surface area contributed by atoms with Gasteiger partial charge in [-0.3, -0.25) is 0 Å². The highest BCUT2D eigenvalue weighted by molar-refractivity contribution is 5.36. The van der Waals surface area contributed by atoms with Crippen LogP contribution in [0, 0.1) is 21.7 Å². The Morgan fingerprint density at radius 2 is 1.42 bits per heavy atom. The fourth-order valence-electron chi connectivity index (χ4n) is 3.90. The Balaban J connectivity index is 3.58. The molecule has 0 radical (unpaired) electrons. The molecule has 24 heavy (non-hydrogen) atoms. The van der Waals surface area contributed by atoms with Crippen LogP contribution in [0.3, 0.4) is 0 Å². The molecule has 0 fully saturated rings. The molecule has 4 heteroatoms. The van der Waals surface area contributed by atoms with Gasteiger partial charge in [-0.25, -0.2) is 0 Å². The lowest BCUT2D eigenvalue weighted by Gasteiger charge is -2.56. The molecular formula is C20H36O4. The Kier molecular flexibility index (Phi) is 6.15. The van der Waals surface area contributed by atoms with E-state index in [9.17, 15) is 20.4 Å². The Labute approximate surface area is 146 Å². The average Bonchev–Trinajstić information content (AvgIpc) is 2.47. The summed E-state index contributed by atoms with van der Waals surface area (Å²) in [6.45, 7) is 13.2. The first-order valence-electron chi connectivity index (χ1n) is 8.71. The van der Waals surface area contributed by atoms with E-state index < -0.39 is 36.8 Å². The summed E-state index contributed by atoms with van der Waals surface area (Å²) in [5, 5.41) is 40.9. The van der Waals surface area contributed by atoms with Crippen LogP contribution in [0.2, 0.25) is 0 Å². The van der Waals surface area contributed by atoms with E-state index >= 15 is 0 Å². The molecule has 0 saturated heterocycles. The zero-order valence-electron chi connectivity index (χ0n) is 16.3. The molecule has 4 N–H and O–H groups in total. The summed E-state index contributed by atoms with van der Waals surface area (Å²) in [6.07, 6.45) is 3.71. The van der Waals surface area contributed by atoms with Gasteiger partial charge in [-0.1, -0.05) is 64.8 Å². The Hall–Kier alpha value is -0.680. The summed E-state index contributed by atoms with van der Waals surface area (Å²) in [6, 6.07) is 0. The van der Waals surface area contributed by atoms with Gasteiger partial charge in [0, 0.05) is 5.41 Å². The highest BCUT2D eigenvalue weighted by atomic mass is 16.3. The van der Waals surface area contributed by atoms with Crippen LogP contribution < -0.4 is 0 Å². The molecule has 0 aliphatic heterocycles. The molecule has 0 amide bonds. The maximum Gasteiger partial charge on any atom is 0.0764 e. The zero-order chi connectivity index (χ0) is 19.0. The maximum atomic E-state index is 11.4. The lowest BCUT2D eigenvalue weighted by atomic mass is 9.50. The van der Waals surface area contributed by atoms with E-state index in [2.05, 4.69) is 47.6 Å². The van der Waals surface area contributed by atoms with Gasteiger partial charge in [-0.2, -0.15) is 0 Å². The van der Waals surface area contributed by atoms with Crippen LogP contribution in [0.5, 0.6) is 0 Å². The van der Waals surface area contributed by atoms with Crippen LogP contribution in [-0.2, 0) is 0 Å². The molecule has 140 valence electrons. The second-order valence-corrected chi connectivity index (χ2v) is 9.43. The van der Waals surface area contributed by atoms with Gasteiger partial charge >= 0.3 is 0 Å². The molecular weight excluding hydrogens is 304 g/mol. The number of aliphatic hydroxyl groups excluding tert-OH is 4. The minimum absolute atomic E-state index is 0.0479. The number of hydrogen-bond acceptors (Lipinski definition) is 4. The molecule has 0 bridgehead atoms. The molecule has 0 saturated carbocycles. The first-order chi connectivity index (χ1) is 10.8. The van der Waals surface area contributed by atoms with Crippen molar-refractivity contribution < 1.29 is 20.4 Å². The SMILES string of the molecule is CC1=CC=C(C(C)(C)C)CC1(C(O)C(CO)(CO)CO)C(C)(C)C. The van der Waals surface area contributed by atoms with Gasteiger partial charge < -0.3 is 20.4 Å². The molecule has 1 aliphatic carbocycles. The zero-order valence-corrected chi connectivity index (χ0v) is 16.3. The summed E-state index contributed by atoms with van der Waals surface area (Å²) in [4.78, 5) is 0. The largest absolute Gasteiger partial charge is 0.396 e. The van der Waals surface area contributed by atoms with Gasteiger partial charge in [0.2, 0.25) is 0 Å². The molecule has 0 heterocycles. The molecule has 2 atom stereocenters. The summed E-state index contributed by atoms with van der Waals surface area (Å²) in [7, 11) is 0. The van der Waals surface area contributed by atoms with E-state index in [1.165, 1.54) is 5.57 Å². The van der Waals surface area contributed by atoms with E-state index in [4.69, 9.17) is 0 Å². The lowest BCUT2D eigenvalue weighted by molar-refractivity contribution is -0.155. The first kappa shape index (κ1) is 21.4. The number of hydrogen-bond donors (Lipinski definition) is 4. The minimum Gasteiger partial charge on any atom is -0.396 e. The highest BCUT2D eigenvalue weighted by Crippen LogP contribution is 2.58. The van der Waals surface area contributed by atoms with Crippen LogP contribution in [0.15, 0.2) is 23.3 Å². The molecule has 1 rings (SSSR count). The molecule has 0 aromatic heterocycles. The Morgan fingerprint density at radius 1 is 0.958 bits per heavy atom. The predicted molar refractivity (Wildman–Crippen MR) is 97.5 cm³/mol. The van der Waals surface area contributed by atoms with Crippen molar-refractivity contribution in [1.29, 1.82) is 0 Å². The fourth-order valence-corrected chi connectivity index (χ4v) is 3.90. The van der Waals surface area contributed by atoms with Crippen LogP contribution in [0.4, 0.5) is 0 Å². The third-order valence-electron chi connectivity index (χ3n) is 6.00. The van der Waals surface area contributed by atoms with Crippen molar-refractivity contribution >= 4 is 0 Å². The van der Waals surface area contributed by atoms with Crippen LogP contribution in [0.1, 0.15) is 54.9 Å². The van der Waals surface area contributed by atoms with Gasteiger partial charge in [0.15, 0.2) is 0 Å². The number of rotatable bonds is 5. The van der Waals surface area contributed by atoms with Crippen LogP contribution in [0.25, 0.3) is 0 Å². The van der Waals surface area contributed by atoms with Crippen molar-refractivity contribution in [3.05, 3.63) is 23.3 Å². The van der Waals surface area contributed by atoms with E-state index in [0.29, 0.717) is 6.42 Å². The smallest absolute Gasteiger partial charge is 0.0764 e. The standard InChI is InChI=1S/C20H36O4/c1-14-8-9-15(17(2,3)4)10-20(14,18(5,6)7)16(24)19(11-21,12-22)13-23/h8-9,16,21-24H,10-13H2,1-7H3. The second kappa shape index (κ2) is 6.91. The topological polar surface area (TPSA) is 80.9 Å². The van der Waals surface area contributed by atoms with E-state index in [1.54, 1.807) is 0 Å². The summed E-state index contributed by atoms with van der Waals surface area (Å²) in [5.74, 6) is 0. The lowest BCUT2D eigenvalue weighted by Crippen LogP contribution is -2.59. The number of allylic oxidation sites excluding steroid dienone is 3. The van der Waals surface area contributed by atoms with Crippen LogP contribution >= 0.6 is 0 Å². The van der Waals surface area contributed by atoms with Gasteiger partial charge in [-0.05, 0) is 24.2 Å². The normalized spacial score (nSPS) is 24.5. The van der Waals surface area contributed by atoms with Crippen molar-refractivity contribution in [3.63, 3.8) is 0 Å². The molecule has 0 aromatic carbocycles. The third-order valence-corrected chi connectivity index (χ3v) is 6.00. The predicted octanol–water partition coefficient (Wildman–Crippen LogP) is 2.67. The molecule has 0 spiro atoms. The molecule has 1 aliphatic rings. The summed E-state index contributed by atoms with van der Waals surface area (Å²) < 4.78 is 0. The molecule has 4 nitrogen and oxygen atoms in total. The number of aliphatic hydroxyl groups is 4. The van der Waals surface area contributed by atoms with Gasteiger partial charge in [0.05, 0.1) is 31.3 Å². The van der Waals surface area contributed by atoms with Crippen molar-refractivity contribution in [2.45, 2.75) is 61.0 Å². The van der Waals surface area contributed by atoms with E-state index in [0.717, 1.165) is 5.57 Å². The first-order valence-corrected chi connectivity index (χ1v) is 8.71. The fraction of sp³-hybridized carbons (Fsp3) is 0.800. The van der Waals surface area contributed by atoms with Crippen molar-refractivity contribution in [2.75, 3.05) is 19.8 Å². The monoisotopic (exact) mass is 340 g/mol. The quantitative estimate of drug-likeness (QED) is 0.620. The van der Waals surface area contributed by atoms with Crippen molar-refractivity contribution in [3.8, 4) is 0 Å². The minimum atomic E-state index is -1.34. The summed E-state index contributed by atoms with van der Waals surface area (Å²) in [5.41, 5.74) is -0.183. The molecule has 0 aromatic rings. The summed E-state index contributed by atoms with van der Waals surface area (Å²) >= 11 is 0. The van der Waals surface area contributed by atoms with Gasteiger partial charge in [0.1, 0.15) is 0 Å². The highest BCUT2D eigenvalue weighted by Gasteiger charge is 2.57. The average molecular weight is 341 g/mol. The van der Waals surface area contributed by atoms with Crippen molar-refractivity contribution in [1.82, 2.24) is 0 Å². The Morgan fingerprint density at radius 3 is 1.75 bits per heavy atom. The Bertz CT molecular complexity index is 492. The molecule has 2 unspecified atom stereocenters. The second-order valence-electron chi connectivity index (χ2n) is 9.43.